The number of aryl methyl sites for hydroxylation is 2. The summed E-state index contributed by atoms with van der Waals surface area (Å²) in [5.74, 6) is 1.55. The monoisotopic (exact) mass is 427 g/mol. The van der Waals surface area contributed by atoms with Crippen LogP contribution in [0.25, 0.3) is 11.3 Å². The third-order valence-electron chi connectivity index (χ3n) is 5.64. The van der Waals surface area contributed by atoms with Gasteiger partial charge >= 0.3 is 6.09 Å². The van der Waals surface area contributed by atoms with E-state index in [4.69, 9.17) is 13.9 Å². The Bertz CT molecular complexity index is 984. The molecule has 168 valence electrons. The lowest BCUT2D eigenvalue weighted by atomic mass is 9.77. The quantitative estimate of drug-likeness (QED) is 0.578. The van der Waals surface area contributed by atoms with Crippen molar-refractivity contribution >= 4 is 11.9 Å². The number of methoxy groups -OCH3 is 1. The van der Waals surface area contributed by atoms with Crippen LogP contribution in [-0.2, 0) is 4.74 Å². The number of nitrogens with zero attached hydrogens (tertiary/aromatic N) is 1. The molecule has 0 radical (unpaired) electrons. The van der Waals surface area contributed by atoms with Gasteiger partial charge in [0, 0.05) is 13.1 Å². The molecular weight excluding hydrogens is 394 g/mol. The van der Waals surface area contributed by atoms with Gasteiger partial charge in [-0.1, -0.05) is 13.0 Å². The molecule has 3 rings (SSSR count). The number of benzene rings is 1. The molecule has 1 fully saturated rings. The Labute approximate surface area is 184 Å². The molecule has 2 aromatic rings. The number of hydrogen-bond donors (Lipinski definition) is 0. The fourth-order valence-electron chi connectivity index (χ4n) is 4.05. The summed E-state index contributed by atoms with van der Waals surface area (Å²) in [4.78, 5) is 27.7. The average molecular weight is 428 g/mol. The molecule has 31 heavy (non-hydrogen) atoms. The highest BCUT2D eigenvalue weighted by molar-refractivity contribution is 5.99. The van der Waals surface area contributed by atoms with Gasteiger partial charge in [-0.15, -0.1) is 0 Å². The van der Waals surface area contributed by atoms with Crippen LogP contribution in [0.2, 0.25) is 0 Å². The standard InChI is InChI=1S/C25H33NO5/c1-16-9-10-18(19(13-16)29-7)21-17(2)14-20(30-21)22(27)25(6)11-8-12-26(15-25)23(28)31-24(3,4)5/h9-10,13-14H,8,11-12,15H2,1-7H3. The van der Waals surface area contributed by atoms with Gasteiger partial charge in [0.05, 0.1) is 18.1 Å². The molecule has 0 N–H and O–H groups in total. The fraction of sp³-hybridized carbons (Fsp3) is 0.520. The molecule has 0 saturated carbocycles. The van der Waals surface area contributed by atoms with Crippen LogP contribution >= 0.6 is 0 Å². The Kier molecular flexibility index (Phi) is 6.21. The van der Waals surface area contributed by atoms with Crippen molar-refractivity contribution in [1.82, 2.24) is 4.90 Å². The van der Waals surface area contributed by atoms with Crippen molar-refractivity contribution in [2.75, 3.05) is 20.2 Å². The summed E-state index contributed by atoms with van der Waals surface area (Å²) in [6, 6.07) is 7.66. The van der Waals surface area contributed by atoms with E-state index < -0.39 is 11.0 Å². The molecular formula is C25H33NO5. The smallest absolute Gasteiger partial charge is 0.410 e. The molecule has 0 bridgehead atoms. The van der Waals surface area contributed by atoms with E-state index in [1.54, 1.807) is 18.1 Å². The van der Waals surface area contributed by atoms with E-state index in [9.17, 15) is 9.59 Å². The van der Waals surface area contributed by atoms with Crippen molar-refractivity contribution in [2.24, 2.45) is 5.41 Å². The molecule has 1 atom stereocenters. The lowest BCUT2D eigenvalue weighted by molar-refractivity contribution is 0.00806. The molecule has 1 aromatic carbocycles. The molecule has 6 heteroatoms. The van der Waals surface area contributed by atoms with Gasteiger partial charge in [0.1, 0.15) is 17.1 Å². The van der Waals surface area contributed by atoms with Crippen LogP contribution in [-0.4, -0.2) is 42.6 Å². The van der Waals surface area contributed by atoms with Gasteiger partial charge in [-0.3, -0.25) is 4.79 Å². The Morgan fingerprint density at radius 1 is 1.16 bits per heavy atom. The second-order valence-corrected chi connectivity index (χ2v) is 9.72. The van der Waals surface area contributed by atoms with E-state index >= 15 is 0 Å². The molecule has 0 aliphatic carbocycles. The van der Waals surface area contributed by atoms with Gasteiger partial charge < -0.3 is 18.8 Å². The summed E-state index contributed by atoms with van der Waals surface area (Å²) >= 11 is 0. The number of carbonyl (C=O) groups is 2. The number of likely N-dealkylation sites (tertiary alicyclic amines) is 1. The van der Waals surface area contributed by atoms with Crippen LogP contribution in [0.1, 0.15) is 62.2 Å². The van der Waals surface area contributed by atoms with Crippen molar-refractivity contribution in [3.8, 4) is 17.1 Å². The molecule has 6 nitrogen and oxygen atoms in total. The van der Waals surface area contributed by atoms with Crippen LogP contribution in [0.15, 0.2) is 28.7 Å². The van der Waals surface area contributed by atoms with Gasteiger partial charge in [0.15, 0.2) is 5.76 Å². The summed E-state index contributed by atoms with van der Waals surface area (Å²) in [6.07, 6.45) is 1.04. The number of carbonyl (C=O) groups excluding carboxylic acids is 2. The number of piperidine rings is 1. The predicted octanol–water partition coefficient (Wildman–Crippen LogP) is 5.79. The second-order valence-electron chi connectivity index (χ2n) is 9.72. The Morgan fingerprint density at radius 2 is 1.87 bits per heavy atom. The number of ether oxygens (including phenoxy) is 2. The molecule has 1 aliphatic heterocycles. The Balaban J connectivity index is 1.86. The van der Waals surface area contributed by atoms with Gasteiger partial charge in [-0.2, -0.15) is 0 Å². The highest BCUT2D eigenvalue weighted by Crippen LogP contribution is 2.39. The maximum absolute atomic E-state index is 13.5. The van der Waals surface area contributed by atoms with Crippen molar-refractivity contribution in [2.45, 2.75) is 60.0 Å². The minimum atomic E-state index is -0.728. The molecule has 0 spiro atoms. The van der Waals surface area contributed by atoms with Gasteiger partial charge in [-0.25, -0.2) is 4.79 Å². The van der Waals surface area contributed by atoms with Crippen LogP contribution in [0.5, 0.6) is 5.75 Å². The normalized spacial score (nSPS) is 19.3. The number of amides is 1. The molecule has 1 unspecified atom stereocenters. The van der Waals surface area contributed by atoms with Gasteiger partial charge in [-0.05, 0) is 76.8 Å². The zero-order valence-electron chi connectivity index (χ0n) is 19.6. The summed E-state index contributed by atoms with van der Waals surface area (Å²) < 4.78 is 17.1. The number of hydrogen-bond acceptors (Lipinski definition) is 5. The number of rotatable bonds is 4. The van der Waals surface area contributed by atoms with Gasteiger partial charge in [0.25, 0.3) is 0 Å². The van der Waals surface area contributed by atoms with Crippen LogP contribution in [0.4, 0.5) is 4.79 Å². The van der Waals surface area contributed by atoms with Crippen LogP contribution in [0.3, 0.4) is 0 Å². The van der Waals surface area contributed by atoms with E-state index in [-0.39, 0.29) is 11.9 Å². The van der Waals surface area contributed by atoms with Crippen molar-refractivity contribution in [3.63, 3.8) is 0 Å². The van der Waals surface area contributed by atoms with E-state index in [0.717, 1.165) is 23.1 Å². The summed E-state index contributed by atoms with van der Waals surface area (Å²) in [5.41, 5.74) is 1.46. The third kappa shape index (κ3) is 4.94. The first-order chi connectivity index (χ1) is 14.4. The maximum Gasteiger partial charge on any atom is 0.410 e. The number of ketones is 1. The van der Waals surface area contributed by atoms with Crippen molar-refractivity contribution < 1.29 is 23.5 Å². The van der Waals surface area contributed by atoms with Crippen LogP contribution < -0.4 is 4.74 Å². The molecule has 2 heterocycles. The SMILES string of the molecule is COc1cc(C)ccc1-c1oc(C(=O)C2(C)CCCN(C(=O)OC(C)(C)C)C2)cc1C. The molecule has 1 aliphatic rings. The zero-order chi connectivity index (χ0) is 23.0. The summed E-state index contributed by atoms with van der Waals surface area (Å²) in [6.45, 7) is 12.2. The summed E-state index contributed by atoms with van der Waals surface area (Å²) in [5, 5.41) is 0. The Morgan fingerprint density at radius 3 is 2.52 bits per heavy atom. The first-order valence-corrected chi connectivity index (χ1v) is 10.7. The number of furan rings is 1. The van der Waals surface area contributed by atoms with E-state index in [0.29, 0.717) is 36.8 Å². The maximum atomic E-state index is 13.5. The highest BCUT2D eigenvalue weighted by Gasteiger charge is 2.42. The van der Waals surface area contributed by atoms with E-state index in [1.165, 1.54) is 0 Å². The van der Waals surface area contributed by atoms with E-state index in [1.807, 2.05) is 59.7 Å². The summed E-state index contributed by atoms with van der Waals surface area (Å²) in [7, 11) is 1.62. The van der Waals surface area contributed by atoms with Crippen molar-refractivity contribution in [1.29, 1.82) is 0 Å². The fourth-order valence-corrected chi connectivity index (χ4v) is 4.05. The van der Waals surface area contributed by atoms with Crippen molar-refractivity contribution in [3.05, 3.63) is 41.2 Å². The Hall–Kier alpha value is -2.76. The average Bonchev–Trinajstić information content (AvgIpc) is 3.07. The largest absolute Gasteiger partial charge is 0.496 e. The topological polar surface area (TPSA) is 69.0 Å². The third-order valence-corrected chi connectivity index (χ3v) is 5.64. The predicted molar refractivity (Wildman–Crippen MR) is 120 cm³/mol. The van der Waals surface area contributed by atoms with Gasteiger partial charge in [0.2, 0.25) is 5.78 Å². The lowest BCUT2D eigenvalue weighted by Crippen LogP contribution is -2.49. The minimum absolute atomic E-state index is 0.0961. The molecule has 1 amide bonds. The first-order valence-electron chi connectivity index (χ1n) is 10.7. The second kappa shape index (κ2) is 8.40. The molecule has 1 saturated heterocycles. The van der Waals surface area contributed by atoms with E-state index in [2.05, 4.69) is 0 Å². The lowest BCUT2D eigenvalue weighted by Gasteiger charge is -2.39. The van der Waals surface area contributed by atoms with Crippen LogP contribution in [0, 0.1) is 19.3 Å². The first kappa shape index (κ1) is 22.9. The highest BCUT2D eigenvalue weighted by atomic mass is 16.6. The zero-order valence-corrected chi connectivity index (χ0v) is 19.6. The minimum Gasteiger partial charge on any atom is -0.496 e. The number of Topliss-reactive ketones (excluding diaryl/α,β-unsaturated/α-hetero) is 1. The molecule has 1 aromatic heterocycles.